The topological polar surface area (TPSA) is 63.4 Å². The molecule has 2 aromatic rings. The van der Waals surface area contributed by atoms with Crippen LogP contribution in [0.2, 0.25) is 0 Å². The summed E-state index contributed by atoms with van der Waals surface area (Å²) < 4.78 is 5.47. The highest BCUT2D eigenvalue weighted by Gasteiger charge is 2.38. The third kappa shape index (κ3) is 4.60. The first-order valence-corrected chi connectivity index (χ1v) is 10.6. The summed E-state index contributed by atoms with van der Waals surface area (Å²) in [6.45, 7) is 10.5. The largest absolute Gasteiger partial charge is 0.494 e. The Kier molecular flexibility index (Phi) is 7.36. The van der Waals surface area contributed by atoms with Crippen LogP contribution in [0.15, 0.2) is 53.5 Å². The van der Waals surface area contributed by atoms with E-state index in [0.717, 1.165) is 19.6 Å². The van der Waals surface area contributed by atoms with Gasteiger partial charge in [-0.15, -0.1) is 0 Å². The van der Waals surface area contributed by atoms with Gasteiger partial charge in [0.15, 0.2) is 0 Å². The van der Waals surface area contributed by atoms with Crippen molar-refractivity contribution in [3.63, 3.8) is 0 Å². The lowest BCUT2D eigenvalue weighted by Crippen LogP contribution is -3.11. The summed E-state index contributed by atoms with van der Waals surface area (Å²) in [6.07, 6.45) is 1.71. The second-order valence-electron chi connectivity index (χ2n) is 7.23. The van der Waals surface area contributed by atoms with Gasteiger partial charge in [-0.3, -0.25) is 14.6 Å². The SMILES string of the molecule is CCOc1ccc(N2C(=O)c3ccccc3C(C=NCC[NH+](CC)CC)C2=O)cc1. The first-order valence-electron chi connectivity index (χ1n) is 10.6. The monoisotopic (exact) mass is 408 g/mol. The van der Waals surface area contributed by atoms with Crippen LogP contribution in [-0.4, -0.2) is 50.8 Å². The number of amides is 2. The molecule has 0 aliphatic carbocycles. The third-order valence-corrected chi connectivity index (χ3v) is 5.47. The predicted octanol–water partition coefficient (Wildman–Crippen LogP) is 2.35. The minimum Gasteiger partial charge on any atom is -0.494 e. The van der Waals surface area contributed by atoms with Crippen LogP contribution in [0.4, 0.5) is 5.69 Å². The van der Waals surface area contributed by atoms with Gasteiger partial charge in [0, 0.05) is 11.8 Å². The molecule has 1 N–H and O–H groups in total. The summed E-state index contributed by atoms with van der Waals surface area (Å²) >= 11 is 0. The molecule has 6 heteroatoms. The summed E-state index contributed by atoms with van der Waals surface area (Å²) in [5.74, 6) is -0.452. The quantitative estimate of drug-likeness (QED) is 0.512. The number of rotatable bonds is 9. The minimum atomic E-state index is -0.572. The number of hydrogen-bond donors (Lipinski definition) is 1. The highest BCUT2D eigenvalue weighted by Crippen LogP contribution is 2.32. The van der Waals surface area contributed by atoms with Gasteiger partial charge in [-0.2, -0.15) is 0 Å². The number of imide groups is 1. The molecule has 0 bridgehead atoms. The molecule has 1 aliphatic heterocycles. The highest BCUT2D eigenvalue weighted by atomic mass is 16.5. The molecule has 0 spiro atoms. The lowest BCUT2D eigenvalue weighted by molar-refractivity contribution is -0.894. The average Bonchev–Trinajstić information content (AvgIpc) is 2.77. The van der Waals surface area contributed by atoms with E-state index in [1.165, 1.54) is 9.80 Å². The molecule has 3 rings (SSSR count). The number of ether oxygens (including phenoxy) is 1. The molecular weight excluding hydrogens is 378 g/mol. The van der Waals surface area contributed by atoms with Crippen LogP contribution in [0.1, 0.15) is 42.6 Å². The Morgan fingerprint density at radius 2 is 1.73 bits per heavy atom. The van der Waals surface area contributed by atoms with Crippen LogP contribution < -0.4 is 14.5 Å². The van der Waals surface area contributed by atoms with Crippen molar-refractivity contribution in [1.82, 2.24) is 0 Å². The molecular formula is C24H30N3O3+. The van der Waals surface area contributed by atoms with E-state index in [9.17, 15) is 9.59 Å². The molecule has 2 amide bonds. The number of carbonyl (C=O) groups excluding carboxylic acids is 2. The number of likely N-dealkylation sites (N-methyl/N-ethyl adjacent to an activating group) is 1. The Morgan fingerprint density at radius 1 is 1.03 bits per heavy atom. The molecule has 6 nitrogen and oxygen atoms in total. The minimum absolute atomic E-state index is 0.276. The lowest BCUT2D eigenvalue weighted by atomic mass is 9.89. The number of aliphatic imine (C=N–C) groups is 1. The number of anilines is 1. The number of quaternary nitrogens is 1. The van der Waals surface area contributed by atoms with E-state index in [-0.39, 0.29) is 11.8 Å². The number of nitrogens with one attached hydrogen (secondary N) is 1. The van der Waals surface area contributed by atoms with Gasteiger partial charge in [-0.1, -0.05) is 18.2 Å². The Morgan fingerprint density at radius 3 is 2.40 bits per heavy atom. The van der Waals surface area contributed by atoms with Crippen molar-refractivity contribution in [3.05, 3.63) is 59.7 Å². The molecule has 1 heterocycles. The third-order valence-electron chi connectivity index (χ3n) is 5.47. The van der Waals surface area contributed by atoms with Crippen LogP contribution in [0.5, 0.6) is 5.75 Å². The number of nitrogens with zero attached hydrogens (tertiary/aromatic N) is 2. The summed E-state index contributed by atoms with van der Waals surface area (Å²) in [5.41, 5.74) is 1.79. The summed E-state index contributed by atoms with van der Waals surface area (Å²) in [5, 5.41) is 0. The fraction of sp³-hybridized carbons (Fsp3) is 0.375. The fourth-order valence-electron chi connectivity index (χ4n) is 3.71. The van der Waals surface area contributed by atoms with Crippen molar-refractivity contribution in [2.24, 2.45) is 4.99 Å². The van der Waals surface area contributed by atoms with Gasteiger partial charge in [0.05, 0.1) is 44.4 Å². The summed E-state index contributed by atoms with van der Waals surface area (Å²) in [6, 6.07) is 14.3. The van der Waals surface area contributed by atoms with Crippen molar-refractivity contribution in [2.75, 3.05) is 37.7 Å². The zero-order chi connectivity index (χ0) is 21.5. The highest BCUT2D eigenvalue weighted by molar-refractivity contribution is 6.29. The van der Waals surface area contributed by atoms with Gasteiger partial charge in [-0.05, 0) is 56.7 Å². The molecule has 1 aliphatic rings. The molecule has 158 valence electrons. The molecule has 0 saturated heterocycles. The van der Waals surface area contributed by atoms with Crippen LogP contribution in [0.3, 0.4) is 0 Å². The van der Waals surface area contributed by atoms with Gasteiger partial charge in [0.1, 0.15) is 5.75 Å². The molecule has 2 aromatic carbocycles. The first kappa shape index (κ1) is 21.7. The van der Waals surface area contributed by atoms with Gasteiger partial charge >= 0.3 is 0 Å². The maximum atomic E-state index is 13.3. The van der Waals surface area contributed by atoms with Gasteiger partial charge in [0.25, 0.3) is 5.91 Å². The molecule has 1 atom stereocenters. The van der Waals surface area contributed by atoms with Crippen LogP contribution in [-0.2, 0) is 4.79 Å². The van der Waals surface area contributed by atoms with E-state index in [2.05, 4.69) is 18.8 Å². The molecule has 0 fully saturated rings. The van der Waals surface area contributed by atoms with Gasteiger partial charge in [-0.25, -0.2) is 4.90 Å². The van der Waals surface area contributed by atoms with Crippen molar-refractivity contribution in [2.45, 2.75) is 26.7 Å². The molecule has 0 saturated carbocycles. The lowest BCUT2D eigenvalue weighted by Gasteiger charge is -2.31. The Hall–Kier alpha value is -2.99. The maximum Gasteiger partial charge on any atom is 0.265 e. The van der Waals surface area contributed by atoms with E-state index in [0.29, 0.717) is 35.7 Å². The summed E-state index contributed by atoms with van der Waals surface area (Å²) in [4.78, 5) is 33.7. The van der Waals surface area contributed by atoms with Crippen molar-refractivity contribution in [3.8, 4) is 5.75 Å². The van der Waals surface area contributed by atoms with E-state index in [4.69, 9.17) is 4.74 Å². The van der Waals surface area contributed by atoms with Crippen molar-refractivity contribution < 1.29 is 19.2 Å². The number of fused-ring (bicyclic) bond motifs is 1. The molecule has 0 radical (unpaired) electrons. The normalized spacial score (nSPS) is 16.4. The van der Waals surface area contributed by atoms with Crippen molar-refractivity contribution >= 4 is 23.7 Å². The maximum absolute atomic E-state index is 13.3. The van der Waals surface area contributed by atoms with Gasteiger partial charge < -0.3 is 9.64 Å². The smallest absolute Gasteiger partial charge is 0.265 e. The standard InChI is InChI=1S/C24H29N3O3/c1-4-26(5-2)16-15-25-17-22-20-9-7-8-10-21(20)23(28)27(24(22)29)18-11-13-19(14-12-18)30-6-3/h7-14,17,22H,4-6,15-16H2,1-3H3/p+1. The zero-order valence-electron chi connectivity index (χ0n) is 17.9. The number of hydrogen-bond acceptors (Lipinski definition) is 4. The number of benzene rings is 2. The van der Waals surface area contributed by atoms with Crippen LogP contribution >= 0.6 is 0 Å². The second-order valence-corrected chi connectivity index (χ2v) is 7.23. The first-order chi connectivity index (χ1) is 14.6. The fourth-order valence-corrected chi connectivity index (χ4v) is 3.71. The van der Waals surface area contributed by atoms with E-state index in [1.807, 2.05) is 25.1 Å². The average molecular weight is 409 g/mol. The Labute approximate surface area is 178 Å². The van der Waals surface area contributed by atoms with Crippen LogP contribution in [0, 0.1) is 0 Å². The number of carbonyl (C=O) groups is 2. The molecule has 0 aromatic heterocycles. The predicted molar refractivity (Wildman–Crippen MR) is 119 cm³/mol. The van der Waals surface area contributed by atoms with Crippen LogP contribution in [0.25, 0.3) is 0 Å². The Balaban J connectivity index is 1.88. The van der Waals surface area contributed by atoms with E-state index in [1.54, 1.807) is 36.5 Å². The molecule has 30 heavy (non-hydrogen) atoms. The molecule has 1 unspecified atom stereocenters. The van der Waals surface area contributed by atoms with E-state index < -0.39 is 5.92 Å². The zero-order valence-corrected chi connectivity index (χ0v) is 17.9. The van der Waals surface area contributed by atoms with Gasteiger partial charge in [0.2, 0.25) is 5.91 Å². The second kappa shape index (κ2) is 10.2. The Bertz CT molecular complexity index is 904. The summed E-state index contributed by atoms with van der Waals surface area (Å²) in [7, 11) is 0. The van der Waals surface area contributed by atoms with E-state index >= 15 is 0 Å². The van der Waals surface area contributed by atoms with Crippen molar-refractivity contribution in [1.29, 1.82) is 0 Å².